The summed E-state index contributed by atoms with van der Waals surface area (Å²) < 4.78 is 5.13. The van der Waals surface area contributed by atoms with Crippen LogP contribution < -0.4 is 10.6 Å². The summed E-state index contributed by atoms with van der Waals surface area (Å²) in [5.41, 5.74) is 0. The Morgan fingerprint density at radius 3 is 2.92 bits per heavy atom. The fourth-order valence-electron chi connectivity index (χ4n) is 1.14. The van der Waals surface area contributed by atoms with Gasteiger partial charge >= 0.3 is 6.03 Å². The Hall–Kier alpha value is -1.16. The molecule has 1 aliphatic heterocycles. The Bertz CT molecular complexity index is 310. The maximum Gasteiger partial charge on any atom is 0.315 e. The zero-order valence-electron chi connectivity index (χ0n) is 6.13. The van der Waals surface area contributed by atoms with Crippen molar-refractivity contribution in [3.05, 3.63) is 23.1 Å². The van der Waals surface area contributed by atoms with Crippen LogP contribution in [0.1, 0.15) is 11.8 Å². The fraction of sp³-hybridized carbons (Fsp3) is 0.286. The van der Waals surface area contributed by atoms with Crippen molar-refractivity contribution < 1.29 is 9.21 Å². The molecule has 5 heteroatoms. The van der Waals surface area contributed by atoms with E-state index in [0.29, 0.717) is 17.5 Å². The molecular formula is C7H7ClN2O2. The van der Waals surface area contributed by atoms with E-state index < -0.39 is 0 Å². The third kappa shape index (κ3) is 1.25. The van der Waals surface area contributed by atoms with Crippen LogP contribution in [0.3, 0.4) is 0 Å². The second kappa shape index (κ2) is 2.71. The minimum atomic E-state index is -0.174. The number of urea groups is 1. The molecule has 2 N–H and O–H groups in total. The van der Waals surface area contributed by atoms with Crippen LogP contribution in [0.25, 0.3) is 0 Å². The molecule has 1 aromatic heterocycles. The Labute approximate surface area is 73.9 Å². The zero-order valence-corrected chi connectivity index (χ0v) is 6.89. The van der Waals surface area contributed by atoms with Crippen LogP contribution in [0.15, 0.2) is 16.5 Å². The van der Waals surface area contributed by atoms with Gasteiger partial charge in [0.2, 0.25) is 0 Å². The highest BCUT2D eigenvalue weighted by molar-refractivity contribution is 6.28. The maximum absolute atomic E-state index is 10.7. The Balaban J connectivity index is 2.15. The summed E-state index contributed by atoms with van der Waals surface area (Å²) in [4.78, 5) is 10.7. The topological polar surface area (TPSA) is 54.3 Å². The number of halogens is 1. The van der Waals surface area contributed by atoms with Crippen LogP contribution in [-0.4, -0.2) is 12.6 Å². The lowest BCUT2D eigenvalue weighted by atomic mass is 10.2. The molecule has 0 saturated carbocycles. The summed E-state index contributed by atoms with van der Waals surface area (Å²) in [6.45, 7) is 0.544. The van der Waals surface area contributed by atoms with E-state index in [9.17, 15) is 4.79 Å². The minimum absolute atomic E-state index is 0.0926. The van der Waals surface area contributed by atoms with Gasteiger partial charge in [0.05, 0.1) is 0 Å². The third-order valence-electron chi connectivity index (χ3n) is 1.71. The largest absolute Gasteiger partial charge is 0.447 e. The van der Waals surface area contributed by atoms with E-state index in [-0.39, 0.29) is 12.1 Å². The van der Waals surface area contributed by atoms with Gasteiger partial charge in [-0.2, -0.15) is 0 Å². The molecule has 0 unspecified atom stereocenters. The molecular weight excluding hydrogens is 180 g/mol. The van der Waals surface area contributed by atoms with Crippen LogP contribution >= 0.6 is 11.6 Å². The number of furan rings is 1. The number of carbonyl (C=O) groups excluding carboxylic acids is 1. The van der Waals surface area contributed by atoms with E-state index in [1.165, 1.54) is 0 Å². The summed E-state index contributed by atoms with van der Waals surface area (Å²) in [5, 5.41) is 5.64. The normalized spacial score (nSPS) is 22.1. The first-order chi connectivity index (χ1) is 5.75. The van der Waals surface area contributed by atoms with Gasteiger partial charge in [0.15, 0.2) is 5.22 Å². The van der Waals surface area contributed by atoms with Gasteiger partial charge in [0.1, 0.15) is 11.8 Å². The van der Waals surface area contributed by atoms with Gasteiger partial charge in [0.25, 0.3) is 0 Å². The molecule has 12 heavy (non-hydrogen) atoms. The van der Waals surface area contributed by atoms with Gasteiger partial charge in [-0.15, -0.1) is 0 Å². The maximum atomic E-state index is 10.7. The van der Waals surface area contributed by atoms with Crippen LogP contribution in [-0.2, 0) is 0 Å². The second-order valence-electron chi connectivity index (χ2n) is 2.55. The SMILES string of the molecule is O=C1NC[C@H](c2ccc(Cl)o2)N1. The molecule has 1 fully saturated rings. The molecule has 64 valence electrons. The highest BCUT2D eigenvalue weighted by Crippen LogP contribution is 2.20. The summed E-state index contributed by atoms with van der Waals surface area (Å²) >= 11 is 5.58. The van der Waals surface area contributed by atoms with Crippen molar-refractivity contribution >= 4 is 17.6 Å². The lowest BCUT2D eigenvalue weighted by Gasteiger charge is -2.02. The number of nitrogens with one attached hydrogen (secondary N) is 2. The van der Waals surface area contributed by atoms with Gasteiger partial charge in [-0.3, -0.25) is 0 Å². The first-order valence-electron chi connectivity index (χ1n) is 3.55. The van der Waals surface area contributed by atoms with E-state index in [1.807, 2.05) is 0 Å². The number of hydrogen-bond acceptors (Lipinski definition) is 2. The van der Waals surface area contributed by atoms with Gasteiger partial charge < -0.3 is 15.1 Å². The molecule has 2 amide bonds. The molecule has 0 bridgehead atoms. The summed E-state index contributed by atoms with van der Waals surface area (Å²) in [5.74, 6) is 0.679. The van der Waals surface area contributed by atoms with E-state index in [0.717, 1.165) is 0 Å². The van der Waals surface area contributed by atoms with Gasteiger partial charge in [-0.05, 0) is 23.7 Å². The molecule has 0 spiro atoms. The second-order valence-corrected chi connectivity index (χ2v) is 2.92. The van der Waals surface area contributed by atoms with E-state index in [1.54, 1.807) is 12.1 Å². The number of hydrogen-bond donors (Lipinski definition) is 2. The van der Waals surface area contributed by atoms with Crippen LogP contribution in [0.2, 0.25) is 5.22 Å². The smallest absolute Gasteiger partial charge is 0.315 e. The Morgan fingerprint density at radius 1 is 1.58 bits per heavy atom. The molecule has 1 atom stereocenters. The van der Waals surface area contributed by atoms with Crippen molar-refractivity contribution in [2.24, 2.45) is 0 Å². The molecule has 0 aromatic carbocycles. The van der Waals surface area contributed by atoms with E-state index >= 15 is 0 Å². The number of amides is 2. The summed E-state index contributed by atoms with van der Waals surface area (Å²) in [7, 11) is 0. The quantitative estimate of drug-likeness (QED) is 0.695. The van der Waals surface area contributed by atoms with Crippen molar-refractivity contribution in [2.75, 3.05) is 6.54 Å². The number of rotatable bonds is 1. The van der Waals surface area contributed by atoms with Gasteiger partial charge in [-0.1, -0.05) is 0 Å². The number of carbonyl (C=O) groups is 1. The highest BCUT2D eigenvalue weighted by Gasteiger charge is 2.23. The van der Waals surface area contributed by atoms with Crippen LogP contribution in [0.4, 0.5) is 4.79 Å². The van der Waals surface area contributed by atoms with Gasteiger partial charge in [-0.25, -0.2) is 4.79 Å². The van der Waals surface area contributed by atoms with Crippen LogP contribution in [0, 0.1) is 0 Å². The molecule has 1 saturated heterocycles. The van der Waals surface area contributed by atoms with Crippen molar-refractivity contribution in [3.63, 3.8) is 0 Å². The fourth-order valence-corrected chi connectivity index (χ4v) is 1.29. The van der Waals surface area contributed by atoms with Crippen molar-refractivity contribution in [1.82, 2.24) is 10.6 Å². The monoisotopic (exact) mass is 186 g/mol. The molecule has 0 radical (unpaired) electrons. The summed E-state index contributed by atoms with van der Waals surface area (Å²) in [6, 6.07) is 3.14. The average molecular weight is 187 g/mol. The van der Waals surface area contributed by atoms with Crippen molar-refractivity contribution in [2.45, 2.75) is 6.04 Å². The highest BCUT2D eigenvalue weighted by atomic mass is 35.5. The van der Waals surface area contributed by atoms with Crippen molar-refractivity contribution in [3.8, 4) is 0 Å². The molecule has 4 nitrogen and oxygen atoms in total. The summed E-state index contributed by atoms with van der Waals surface area (Å²) in [6.07, 6.45) is 0. The molecule has 2 rings (SSSR count). The van der Waals surface area contributed by atoms with E-state index in [2.05, 4.69) is 10.6 Å². The van der Waals surface area contributed by atoms with Crippen molar-refractivity contribution in [1.29, 1.82) is 0 Å². The Kier molecular flexibility index (Phi) is 1.69. The Morgan fingerprint density at radius 2 is 2.42 bits per heavy atom. The standard InChI is InChI=1S/C7H7ClN2O2/c8-6-2-1-5(12-6)4-3-9-7(11)10-4/h1-2,4H,3H2,(H2,9,10,11)/t4-/m1/s1. The average Bonchev–Trinajstić information content (AvgIpc) is 2.58. The predicted octanol–water partition coefficient (Wildman–Crippen LogP) is 1.29. The van der Waals surface area contributed by atoms with E-state index in [4.69, 9.17) is 16.0 Å². The lowest BCUT2D eigenvalue weighted by Crippen LogP contribution is -2.21. The van der Waals surface area contributed by atoms with Gasteiger partial charge in [0, 0.05) is 6.54 Å². The third-order valence-corrected chi connectivity index (χ3v) is 1.91. The molecule has 1 aliphatic rings. The minimum Gasteiger partial charge on any atom is -0.447 e. The first-order valence-corrected chi connectivity index (χ1v) is 3.93. The molecule has 2 heterocycles. The molecule has 0 aliphatic carbocycles. The zero-order chi connectivity index (χ0) is 8.55. The van der Waals surface area contributed by atoms with Crippen LogP contribution in [0.5, 0.6) is 0 Å². The first kappa shape index (κ1) is 7.49. The lowest BCUT2D eigenvalue weighted by molar-refractivity contribution is 0.247. The molecule has 1 aromatic rings. The predicted molar refractivity (Wildman–Crippen MR) is 43.0 cm³/mol.